The van der Waals surface area contributed by atoms with Gasteiger partial charge in [0.15, 0.2) is 0 Å². The Bertz CT molecular complexity index is 917. The summed E-state index contributed by atoms with van der Waals surface area (Å²) >= 11 is 0. The van der Waals surface area contributed by atoms with Crippen LogP contribution in [0.4, 0.5) is 0 Å². The second kappa shape index (κ2) is 9.10. The standard InChI is InChI=1S/C30H47NO5/c1-17(2)26(27(34)35-6)31-16-25(33)36-30-14-13-29(5)22-11-12-28(4)20(18(3)32)9-10-21(28)19(22)7-8-23(29)24(30)15-30/h17,19-24,26,31H,7-16H2,1-6H3/t19-,20+,21-,22-,23-,24?,26-,28+,29+,30-/m0/s1. The van der Waals surface area contributed by atoms with E-state index < -0.39 is 6.04 Å². The second-order valence-corrected chi connectivity index (χ2v) is 13.8. The van der Waals surface area contributed by atoms with Crippen LogP contribution in [0.2, 0.25) is 0 Å². The molecule has 1 N–H and O–H groups in total. The van der Waals surface area contributed by atoms with Gasteiger partial charge in [0.1, 0.15) is 17.4 Å². The van der Waals surface area contributed by atoms with E-state index in [0.29, 0.717) is 29.0 Å². The molecule has 5 saturated carbocycles. The Morgan fingerprint density at radius 2 is 1.58 bits per heavy atom. The van der Waals surface area contributed by atoms with Gasteiger partial charge in [-0.2, -0.15) is 0 Å². The van der Waals surface area contributed by atoms with Gasteiger partial charge in [0.25, 0.3) is 0 Å². The lowest BCUT2D eigenvalue weighted by Crippen LogP contribution is -2.55. The zero-order chi connectivity index (χ0) is 26.0. The molecule has 0 radical (unpaired) electrons. The van der Waals surface area contributed by atoms with Crippen LogP contribution in [-0.2, 0) is 23.9 Å². The van der Waals surface area contributed by atoms with Gasteiger partial charge in [0.2, 0.25) is 0 Å². The summed E-state index contributed by atoms with van der Waals surface area (Å²) in [5, 5.41) is 3.06. The summed E-state index contributed by atoms with van der Waals surface area (Å²) in [5.41, 5.74) is 0.237. The van der Waals surface area contributed by atoms with Crippen molar-refractivity contribution in [2.75, 3.05) is 13.7 Å². The SMILES string of the molecule is COC(=O)[C@@H](NCC(=O)O[C@]12CC[C@@]3(C)[C@@H](CC[C@@H]4[C@@H]3CC[C@]3(C)[C@@H](C(C)=O)CC[C@@H]43)C1C2)C(C)C. The Kier molecular flexibility index (Phi) is 6.62. The maximum absolute atomic E-state index is 12.8. The highest BCUT2D eigenvalue weighted by atomic mass is 16.6. The molecule has 0 aromatic heterocycles. The smallest absolute Gasteiger partial charge is 0.323 e. The first-order valence-corrected chi connectivity index (χ1v) is 14.5. The number of nitrogens with one attached hydrogen (secondary N) is 1. The molecule has 5 aliphatic rings. The number of carbonyl (C=O) groups excluding carboxylic acids is 3. The molecule has 5 fully saturated rings. The van der Waals surface area contributed by atoms with Crippen molar-refractivity contribution in [3.8, 4) is 0 Å². The number of rotatable bonds is 7. The van der Waals surface area contributed by atoms with E-state index in [1.54, 1.807) is 0 Å². The highest BCUT2D eigenvalue weighted by molar-refractivity contribution is 5.79. The number of ketones is 1. The molecular weight excluding hydrogens is 454 g/mol. The van der Waals surface area contributed by atoms with Gasteiger partial charge in [-0.15, -0.1) is 0 Å². The zero-order valence-electron chi connectivity index (χ0n) is 23.2. The van der Waals surface area contributed by atoms with Crippen molar-refractivity contribution in [1.82, 2.24) is 5.32 Å². The molecule has 5 rings (SSSR count). The van der Waals surface area contributed by atoms with Crippen LogP contribution < -0.4 is 5.32 Å². The lowest BCUT2D eigenvalue weighted by atomic mass is 9.44. The van der Waals surface area contributed by atoms with Crippen LogP contribution in [0.3, 0.4) is 0 Å². The molecule has 10 atom stereocenters. The largest absolute Gasteiger partial charge is 0.468 e. The van der Waals surface area contributed by atoms with Crippen molar-refractivity contribution in [2.24, 2.45) is 52.3 Å². The first kappa shape index (κ1) is 26.2. The quantitative estimate of drug-likeness (QED) is 0.498. The fourth-order valence-electron chi connectivity index (χ4n) is 10.1. The molecule has 0 bridgehead atoms. The Morgan fingerprint density at radius 1 is 0.889 bits per heavy atom. The van der Waals surface area contributed by atoms with Crippen molar-refractivity contribution in [2.45, 2.75) is 104 Å². The summed E-state index contributed by atoms with van der Waals surface area (Å²) in [7, 11) is 1.38. The average Bonchev–Trinajstić information content (AvgIpc) is 3.41. The van der Waals surface area contributed by atoms with Crippen LogP contribution in [-0.4, -0.2) is 43.0 Å². The molecule has 6 heteroatoms. The highest BCUT2D eigenvalue weighted by Crippen LogP contribution is 2.73. The molecule has 0 spiro atoms. The molecule has 5 aliphatic carbocycles. The van der Waals surface area contributed by atoms with Crippen LogP contribution >= 0.6 is 0 Å². The van der Waals surface area contributed by atoms with Gasteiger partial charge >= 0.3 is 11.9 Å². The lowest BCUT2D eigenvalue weighted by Gasteiger charge is -2.60. The molecule has 0 amide bonds. The number of ether oxygens (including phenoxy) is 2. The van der Waals surface area contributed by atoms with E-state index >= 15 is 0 Å². The van der Waals surface area contributed by atoms with Gasteiger partial charge in [0, 0.05) is 11.8 Å². The minimum Gasteiger partial charge on any atom is -0.468 e. The van der Waals surface area contributed by atoms with E-state index in [1.807, 2.05) is 20.8 Å². The van der Waals surface area contributed by atoms with Crippen LogP contribution in [0.15, 0.2) is 0 Å². The molecular formula is C30H47NO5. The number of esters is 2. The molecule has 6 nitrogen and oxygen atoms in total. The van der Waals surface area contributed by atoms with E-state index in [9.17, 15) is 14.4 Å². The second-order valence-electron chi connectivity index (χ2n) is 13.8. The minimum atomic E-state index is -0.504. The first-order valence-electron chi connectivity index (χ1n) is 14.5. The number of fused-ring (bicyclic) bond motifs is 7. The lowest BCUT2D eigenvalue weighted by molar-refractivity contribution is -0.165. The monoisotopic (exact) mass is 501 g/mol. The molecule has 0 aliphatic heterocycles. The summed E-state index contributed by atoms with van der Waals surface area (Å²) in [4.78, 5) is 37.3. The van der Waals surface area contributed by atoms with Crippen LogP contribution in [0.1, 0.15) is 92.4 Å². The van der Waals surface area contributed by atoms with E-state index in [-0.39, 0.29) is 41.3 Å². The molecule has 1 unspecified atom stereocenters. The van der Waals surface area contributed by atoms with Gasteiger partial charge in [-0.05, 0) is 105 Å². The molecule has 0 aromatic carbocycles. The summed E-state index contributed by atoms with van der Waals surface area (Å²) in [6, 6.07) is -0.504. The number of hydrogen-bond acceptors (Lipinski definition) is 6. The molecule has 0 heterocycles. The topological polar surface area (TPSA) is 81.7 Å². The summed E-state index contributed by atoms with van der Waals surface area (Å²) in [6.45, 7) is 10.7. The predicted octanol–water partition coefficient (Wildman–Crippen LogP) is 4.93. The van der Waals surface area contributed by atoms with E-state index in [2.05, 4.69) is 19.2 Å². The number of methoxy groups -OCH3 is 1. The molecule has 0 saturated heterocycles. The Balaban J connectivity index is 1.23. The maximum atomic E-state index is 12.8. The fourth-order valence-corrected chi connectivity index (χ4v) is 10.1. The predicted molar refractivity (Wildman–Crippen MR) is 137 cm³/mol. The Labute approximate surface area is 217 Å². The summed E-state index contributed by atoms with van der Waals surface area (Å²) in [5.74, 6) is 3.39. The van der Waals surface area contributed by atoms with Crippen molar-refractivity contribution < 1.29 is 23.9 Å². The van der Waals surface area contributed by atoms with Gasteiger partial charge < -0.3 is 9.47 Å². The number of Topliss-reactive ketones (excluding diaryl/α,β-unsaturated/α-hetero) is 1. The first-order chi connectivity index (χ1) is 17.0. The third-order valence-electron chi connectivity index (χ3n) is 12.0. The van der Waals surface area contributed by atoms with Crippen LogP contribution in [0.5, 0.6) is 0 Å². The van der Waals surface area contributed by atoms with Crippen molar-refractivity contribution in [1.29, 1.82) is 0 Å². The van der Waals surface area contributed by atoms with Crippen molar-refractivity contribution >= 4 is 17.7 Å². The average molecular weight is 502 g/mol. The maximum Gasteiger partial charge on any atom is 0.323 e. The fraction of sp³-hybridized carbons (Fsp3) is 0.900. The van der Waals surface area contributed by atoms with Gasteiger partial charge in [-0.3, -0.25) is 19.7 Å². The van der Waals surface area contributed by atoms with Gasteiger partial charge in [0.05, 0.1) is 13.7 Å². The van der Waals surface area contributed by atoms with Gasteiger partial charge in [-0.25, -0.2) is 0 Å². The molecule has 202 valence electrons. The van der Waals surface area contributed by atoms with Crippen molar-refractivity contribution in [3.05, 3.63) is 0 Å². The zero-order valence-corrected chi connectivity index (χ0v) is 23.2. The molecule has 0 aromatic rings. The summed E-state index contributed by atoms with van der Waals surface area (Å²) < 4.78 is 11.0. The third-order valence-corrected chi connectivity index (χ3v) is 12.0. The van der Waals surface area contributed by atoms with Gasteiger partial charge in [-0.1, -0.05) is 27.7 Å². The van der Waals surface area contributed by atoms with E-state index in [0.717, 1.165) is 37.5 Å². The minimum absolute atomic E-state index is 0.0330. The number of carbonyl (C=O) groups is 3. The van der Waals surface area contributed by atoms with E-state index in [1.165, 1.54) is 39.2 Å². The Morgan fingerprint density at radius 3 is 2.25 bits per heavy atom. The van der Waals surface area contributed by atoms with Crippen LogP contribution in [0.25, 0.3) is 0 Å². The van der Waals surface area contributed by atoms with Crippen LogP contribution in [0, 0.1) is 52.3 Å². The Hall–Kier alpha value is -1.43. The highest BCUT2D eigenvalue weighted by Gasteiger charge is 2.70. The summed E-state index contributed by atoms with van der Waals surface area (Å²) in [6.07, 6.45) is 10.3. The van der Waals surface area contributed by atoms with E-state index in [4.69, 9.17) is 9.47 Å². The normalized spacial score (nSPS) is 45.5. The number of hydrogen-bond donors (Lipinski definition) is 1. The third kappa shape index (κ3) is 3.96. The van der Waals surface area contributed by atoms with Crippen molar-refractivity contribution in [3.63, 3.8) is 0 Å². The molecule has 36 heavy (non-hydrogen) atoms.